The molecule has 186 valence electrons. The van der Waals surface area contributed by atoms with Gasteiger partial charge in [-0.15, -0.1) is 11.3 Å². The van der Waals surface area contributed by atoms with E-state index in [4.69, 9.17) is 9.47 Å². The molecule has 1 fully saturated rings. The highest BCUT2D eigenvalue weighted by molar-refractivity contribution is 7.14. The number of hydrogen-bond donors (Lipinski definition) is 2. The average molecular weight is 513 g/mol. The number of esters is 1. The monoisotopic (exact) mass is 512 g/mol. The number of imidazole rings is 1. The van der Waals surface area contributed by atoms with E-state index in [1.54, 1.807) is 42.3 Å². The summed E-state index contributed by atoms with van der Waals surface area (Å²) < 4.78 is 17.0. The predicted molar refractivity (Wildman–Crippen MR) is 123 cm³/mol. The van der Waals surface area contributed by atoms with Crippen molar-refractivity contribution in [1.29, 1.82) is 0 Å². The van der Waals surface area contributed by atoms with E-state index in [-0.39, 0.29) is 24.0 Å². The van der Waals surface area contributed by atoms with Crippen LogP contribution < -0.4 is 20.1 Å². The highest BCUT2D eigenvalue weighted by Gasteiger charge is 2.46. The van der Waals surface area contributed by atoms with Gasteiger partial charge in [0.15, 0.2) is 22.3 Å². The van der Waals surface area contributed by atoms with Gasteiger partial charge in [0, 0.05) is 25.0 Å². The molecule has 13 nitrogen and oxygen atoms in total. The van der Waals surface area contributed by atoms with Crippen LogP contribution in [-0.2, 0) is 27.8 Å². The SMILES string of the molecule is COC(=O)c1csc(NC(=O)[C@H](Cc2cn(C)cn2)N2C(=O)NC(c3ccc4c(c3)OCO4)C2=O)n1. The highest BCUT2D eigenvalue weighted by Crippen LogP contribution is 2.36. The van der Waals surface area contributed by atoms with E-state index in [1.807, 2.05) is 0 Å². The summed E-state index contributed by atoms with van der Waals surface area (Å²) in [7, 11) is 2.98. The fourth-order valence-electron chi connectivity index (χ4n) is 3.90. The molecule has 1 unspecified atom stereocenters. The number of nitrogens with one attached hydrogen (secondary N) is 2. The first-order valence-electron chi connectivity index (χ1n) is 10.7. The van der Waals surface area contributed by atoms with Gasteiger partial charge in [-0.25, -0.2) is 24.5 Å². The van der Waals surface area contributed by atoms with Crippen LogP contribution in [0.4, 0.5) is 9.93 Å². The summed E-state index contributed by atoms with van der Waals surface area (Å²) in [6, 6.07) is 1.94. The number of aryl methyl sites for hydroxylation is 1. The van der Waals surface area contributed by atoms with Gasteiger partial charge < -0.3 is 29.4 Å². The molecule has 4 heterocycles. The van der Waals surface area contributed by atoms with Crippen LogP contribution in [0.5, 0.6) is 11.5 Å². The number of ether oxygens (including phenoxy) is 3. The standard InChI is InChI=1S/C22H20N6O7S/c1-27-7-12(23-9-27)6-14(18(29)26-21-24-13(8-36-21)20(31)33-2)28-19(30)17(25-22(28)32)11-3-4-15-16(5-11)35-10-34-15/h3-5,7-9,14,17H,6,10H2,1-2H3,(H,25,32)(H,24,26,29)/t14-,17?/m0/s1. The number of fused-ring (bicyclic) bond motifs is 1. The maximum Gasteiger partial charge on any atom is 0.357 e. The Morgan fingerprint density at radius 2 is 2.11 bits per heavy atom. The molecule has 14 heteroatoms. The van der Waals surface area contributed by atoms with Crippen molar-refractivity contribution in [3.8, 4) is 11.5 Å². The van der Waals surface area contributed by atoms with Gasteiger partial charge in [0.1, 0.15) is 12.1 Å². The van der Waals surface area contributed by atoms with Crippen molar-refractivity contribution < 1.29 is 33.4 Å². The van der Waals surface area contributed by atoms with Crippen LogP contribution in [0.15, 0.2) is 36.1 Å². The second-order valence-corrected chi connectivity index (χ2v) is 8.83. The number of hydrogen-bond acceptors (Lipinski definition) is 10. The lowest BCUT2D eigenvalue weighted by Gasteiger charge is -2.23. The summed E-state index contributed by atoms with van der Waals surface area (Å²) in [4.78, 5) is 60.6. The number of aromatic nitrogens is 3. The molecular formula is C22H20N6O7S. The Balaban J connectivity index is 1.41. The summed E-state index contributed by atoms with van der Waals surface area (Å²) in [5.74, 6) is -0.932. The largest absolute Gasteiger partial charge is 0.464 e. The molecule has 2 aliphatic heterocycles. The number of urea groups is 1. The number of imide groups is 1. The zero-order valence-electron chi connectivity index (χ0n) is 19.1. The number of thiazole rings is 1. The molecule has 1 aromatic carbocycles. The second-order valence-electron chi connectivity index (χ2n) is 7.97. The van der Waals surface area contributed by atoms with Crippen LogP contribution in [0.25, 0.3) is 0 Å². The molecule has 36 heavy (non-hydrogen) atoms. The first kappa shape index (κ1) is 23.3. The number of methoxy groups -OCH3 is 1. The average Bonchev–Trinajstić information content (AvgIpc) is 3.65. The van der Waals surface area contributed by atoms with Gasteiger partial charge in [-0.2, -0.15) is 0 Å². The number of carbonyl (C=O) groups is 4. The third-order valence-electron chi connectivity index (χ3n) is 5.60. The van der Waals surface area contributed by atoms with E-state index in [9.17, 15) is 19.2 Å². The van der Waals surface area contributed by atoms with Crippen molar-refractivity contribution in [3.63, 3.8) is 0 Å². The topological polar surface area (TPSA) is 154 Å². The van der Waals surface area contributed by atoms with Gasteiger partial charge in [0.2, 0.25) is 12.7 Å². The number of benzene rings is 1. The first-order valence-corrected chi connectivity index (χ1v) is 11.6. The zero-order chi connectivity index (χ0) is 25.4. The van der Waals surface area contributed by atoms with E-state index in [0.29, 0.717) is 22.8 Å². The zero-order valence-corrected chi connectivity index (χ0v) is 19.9. The minimum atomic E-state index is -1.24. The van der Waals surface area contributed by atoms with Crippen LogP contribution in [0.2, 0.25) is 0 Å². The summed E-state index contributed by atoms with van der Waals surface area (Å²) in [5, 5.41) is 6.78. The molecule has 2 aliphatic rings. The number of amides is 4. The minimum Gasteiger partial charge on any atom is -0.464 e. The molecule has 0 saturated carbocycles. The fraction of sp³-hybridized carbons (Fsp3) is 0.273. The molecule has 5 rings (SSSR count). The highest BCUT2D eigenvalue weighted by atomic mass is 32.1. The second kappa shape index (κ2) is 9.30. The Morgan fingerprint density at radius 3 is 2.86 bits per heavy atom. The van der Waals surface area contributed by atoms with Gasteiger partial charge >= 0.3 is 12.0 Å². The Hall–Kier alpha value is -4.46. The van der Waals surface area contributed by atoms with Crippen molar-refractivity contribution in [1.82, 2.24) is 24.8 Å². The summed E-state index contributed by atoms with van der Waals surface area (Å²) >= 11 is 1.01. The molecule has 2 aromatic heterocycles. The van der Waals surface area contributed by atoms with Crippen molar-refractivity contribution in [2.24, 2.45) is 7.05 Å². The molecule has 2 N–H and O–H groups in total. The molecular weight excluding hydrogens is 492 g/mol. The third kappa shape index (κ3) is 4.33. The van der Waals surface area contributed by atoms with Gasteiger partial charge in [-0.05, 0) is 17.7 Å². The number of anilines is 1. The lowest BCUT2D eigenvalue weighted by molar-refractivity contribution is -0.134. The van der Waals surface area contributed by atoms with Crippen molar-refractivity contribution >= 4 is 40.3 Å². The van der Waals surface area contributed by atoms with Crippen LogP contribution >= 0.6 is 11.3 Å². The Bertz CT molecular complexity index is 1370. The van der Waals surface area contributed by atoms with Crippen molar-refractivity contribution in [2.45, 2.75) is 18.5 Å². The Kier molecular flexibility index (Phi) is 6.01. The minimum absolute atomic E-state index is 0.0249. The van der Waals surface area contributed by atoms with Crippen molar-refractivity contribution in [2.75, 3.05) is 19.2 Å². The Morgan fingerprint density at radius 1 is 1.31 bits per heavy atom. The first-order chi connectivity index (χ1) is 17.3. The van der Waals surface area contributed by atoms with Gasteiger partial charge in [-0.3, -0.25) is 9.59 Å². The van der Waals surface area contributed by atoms with E-state index >= 15 is 0 Å². The van der Waals surface area contributed by atoms with Gasteiger partial charge in [0.05, 0.1) is 19.1 Å². The summed E-state index contributed by atoms with van der Waals surface area (Å²) in [6.07, 6.45) is 3.21. The van der Waals surface area contributed by atoms with E-state index in [2.05, 4.69) is 25.3 Å². The maximum absolute atomic E-state index is 13.4. The molecule has 4 amide bonds. The van der Waals surface area contributed by atoms with Gasteiger partial charge in [-0.1, -0.05) is 6.07 Å². The van der Waals surface area contributed by atoms with Crippen LogP contribution in [0.3, 0.4) is 0 Å². The predicted octanol–water partition coefficient (Wildman–Crippen LogP) is 1.23. The van der Waals surface area contributed by atoms with E-state index in [1.165, 1.54) is 12.5 Å². The number of nitrogens with zero attached hydrogens (tertiary/aromatic N) is 4. The smallest absolute Gasteiger partial charge is 0.357 e. The van der Waals surface area contributed by atoms with E-state index in [0.717, 1.165) is 16.2 Å². The van der Waals surface area contributed by atoms with Crippen LogP contribution in [0.1, 0.15) is 27.8 Å². The molecule has 1 saturated heterocycles. The van der Waals surface area contributed by atoms with Crippen LogP contribution in [0, 0.1) is 0 Å². The maximum atomic E-state index is 13.4. The quantitative estimate of drug-likeness (QED) is 0.351. The normalized spacial score (nSPS) is 17.2. The lowest BCUT2D eigenvalue weighted by Crippen LogP contribution is -2.49. The molecule has 0 aliphatic carbocycles. The molecule has 0 spiro atoms. The number of carbonyl (C=O) groups excluding carboxylic acids is 4. The number of rotatable bonds is 7. The summed E-state index contributed by atoms with van der Waals surface area (Å²) in [6.45, 7) is 0.0661. The van der Waals surface area contributed by atoms with Gasteiger partial charge in [0.25, 0.3) is 5.91 Å². The molecule has 2 atom stereocenters. The van der Waals surface area contributed by atoms with E-state index < -0.39 is 35.9 Å². The Labute approximate surface area is 208 Å². The molecule has 3 aromatic rings. The fourth-order valence-corrected chi connectivity index (χ4v) is 4.58. The molecule has 0 radical (unpaired) electrons. The lowest BCUT2D eigenvalue weighted by atomic mass is 10.0. The van der Waals surface area contributed by atoms with Crippen LogP contribution in [-0.4, -0.2) is 63.2 Å². The van der Waals surface area contributed by atoms with Crippen molar-refractivity contribution in [3.05, 3.63) is 53.1 Å². The third-order valence-corrected chi connectivity index (χ3v) is 6.36. The summed E-state index contributed by atoms with van der Waals surface area (Å²) in [5.41, 5.74) is 1.01. The molecule has 0 bridgehead atoms.